The molecule has 0 aromatic heterocycles. The fourth-order valence-electron chi connectivity index (χ4n) is 2.44. The Balaban J connectivity index is 2.14. The zero-order valence-corrected chi connectivity index (χ0v) is 14.1. The SMILES string of the molecule is COc1ccc([C@@H](CC(=O)N2CCOCC2)NS(C)(=O)=O)cc1. The van der Waals surface area contributed by atoms with Gasteiger partial charge in [0.05, 0.1) is 32.6 Å². The summed E-state index contributed by atoms with van der Waals surface area (Å²) in [6, 6.07) is 6.39. The lowest BCUT2D eigenvalue weighted by atomic mass is 10.0. The van der Waals surface area contributed by atoms with Crippen molar-refractivity contribution < 1.29 is 22.7 Å². The predicted molar refractivity (Wildman–Crippen MR) is 85.7 cm³/mol. The molecule has 1 aromatic carbocycles. The summed E-state index contributed by atoms with van der Waals surface area (Å²) in [5, 5.41) is 0. The molecule has 0 unspecified atom stereocenters. The molecule has 0 aliphatic carbocycles. The number of carbonyl (C=O) groups is 1. The van der Waals surface area contributed by atoms with Crippen LogP contribution in [0.3, 0.4) is 0 Å². The third-order valence-corrected chi connectivity index (χ3v) is 4.33. The van der Waals surface area contributed by atoms with Crippen molar-refractivity contribution in [2.24, 2.45) is 0 Å². The molecule has 1 aliphatic rings. The van der Waals surface area contributed by atoms with Crippen molar-refractivity contribution in [2.75, 3.05) is 39.7 Å². The zero-order chi connectivity index (χ0) is 16.9. The number of benzene rings is 1. The molecule has 1 amide bonds. The second-order valence-corrected chi connectivity index (χ2v) is 7.19. The Morgan fingerprint density at radius 3 is 2.43 bits per heavy atom. The number of morpholine rings is 1. The molecule has 1 atom stereocenters. The molecule has 23 heavy (non-hydrogen) atoms. The van der Waals surface area contributed by atoms with Crippen LogP contribution in [0.25, 0.3) is 0 Å². The lowest BCUT2D eigenvalue weighted by Gasteiger charge is -2.28. The number of nitrogens with one attached hydrogen (secondary N) is 1. The first-order valence-corrected chi connectivity index (χ1v) is 9.25. The average Bonchev–Trinajstić information content (AvgIpc) is 2.54. The van der Waals surface area contributed by atoms with Gasteiger partial charge in [-0.25, -0.2) is 13.1 Å². The van der Waals surface area contributed by atoms with Gasteiger partial charge in [-0.1, -0.05) is 12.1 Å². The minimum atomic E-state index is -3.44. The normalized spacial score (nSPS) is 16.9. The molecule has 7 nitrogen and oxygen atoms in total. The van der Waals surface area contributed by atoms with E-state index in [1.807, 2.05) is 0 Å². The number of hydrogen-bond acceptors (Lipinski definition) is 5. The van der Waals surface area contributed by atoms with Crippen LogP contribution in [-0.2, 0) is 19.6 Å². The van der Waals surface area contributed by atoms with Gasteiger partial charge in [0.25, 0.3) is 0 Å². The highest BCUT2D eigenvalue weighted by Gasteiger charge is 2.24. The monoisotopic (exact) mass is 342 g/mol. The Kier molecular flexibility index (Phi) is 5.97. The molecule has 2 rings (SSSR count). The maximum Gasteiger partial charge on any atom is 0.224 e. The van der Waals surface area contributed by atoms with Crippen LogP contribution in [0.4, 0.5) is 0 Å². The maximum atomic E-state index is 12.4. The molecule has 1 heterocycles. The van der Waals surface area contributed by atoms with E-state index in [-0.39, 0.29) is 12.3 Å². The first-order valence-electron chi connectivity index (χ1n) is 7.36. The topological polar surface area (TPSA) is 84.9 Å². The minimum Gasteiger partial charge on any atom is -0.497 e. The fourth-order valence-corrected chi connectivity index (χ4v) is 3.17. The van der Waals surface area contributed by atoms with Gasteiger partial charge in [0.15, 0.2) is 0 Å². The third kappa shape index (κ3) is 5.49. The highest BCUT2D eigenvalue weighted by molar-refractivity contribution is 7.88. The van der Waals surface area contributed by atoms with E-state index in [9.17, 15) is 13.2 Å². The number of sulfonamides is 1. The van der Waals surface area contributed by atoms with Gasteiger partial charge in [-0.05, 0) is 17.7 Å². The molecule has 0 spiro atoms. The van der Waals surface area contributed by atoms with Gasteiger partial charge in [0, 0.05) is 19.5 Å². The van der Waals surface area contributed by atoms with Gasteiger partial charge in [-0.3, -0.25) is 4.79 Å². The van der Waals surface area contributed by atoms with Crippen molar-refractivity contribution >= 4 is 15.9 Å². The van der Waals surface area contributed by atoms with E-state index in [0.29, 0.717) is 32.1 Å². The summed E-state index contributed by atoms with van der Waals surface area (Å²) in [6.45, 7) is 2.09. The summed E-state index contributed by atoms with van der Waals surface area (Å²) in [7, 11) is -1.88. The average molecular weight is 342 g/mol. The second-order valence-electron chi connectivity index (χ2n) is 5.41. The van der Waals surface area contributed by atoms with Gasteiger partial charge >= 0.3 is 0 Å². The van der Waals surface area contributed by atoms with Crippen LogP contribution < -0.4 is 9.46 Å². The summed E-state index contributed by atoms with van der Waals surface area (Å²) in [6.07, 6.45) is 1.15. The largest absolute Gasteiger partial charge is 0.497 e. The van der Waals surface area contributed by atoms with E-state index in [0.717, 1.165) is 11.8 Å². The van der Waals surface area contributed by atoms with Gasteiger partial charge in [-0.2, -0.15) is 0 Å². The zero-order valence-electron chi connectivity index (χ0n) is 13.3. The molecular weight excluding hydrogens is 320 g/mol. The molecule has 128 valence electrons. The lowest BCUT2D eigenvalue weighted by Crippen LogP contribution is -2.42. The van der Waals surface area contributed by atoms with Crippen LogP contribution in [0.2, 0.25) is 0 Å². The number of hydrogen-bond donors (Lipinski definition) is 1. The smallest absolute Gasteiger partial charge is 0.224 e. The van der Waals surface area contributed by atoms with Crippen LogP contribution >= 0.6 is 0 Å². The summed E-state index contributed by atoms with van der Waals surface area (Å²) >= 11 is 0. The Labute approximate surface area is 136 Å². The molecule has 1 saturated heterocycles. The van der Waals surface area contributed by atoms with Crippen LogP contribution in [0.1, 0.15) is 18.0 Å². The molecule has 1 aliphatic heterocycles. The molecule has 1 N–H and O–H groups in total. The van der Waals surface area contributed by atoms with Crippen molar-refractivity contribution in [1.29, 1.82) is 0 Å². The second kappa shape index (κ2) is 7.76. The summed E-state index contributed by atoms with van der Waals surface area (Å²) in [4.78, 5) is 14.1. The van der Waals surface area contributed by atoms with Gasteiger partial charge in [0.2, 0.25) is 15.9 Å². The molecule has 8 heteroatoms. The van der Waals surface area contributed by atoms with E-state index in [1.54, 1.807) is 36.3 Å². The summed E-state index contributed by atoms with van der Waals surface area (Å²) in [5.41, 5.74) is 0.720. The van der Waals surface area contributed by atoms with Gasteiger partial charge < -0.3 is 14.4 Å². The highest BCUT2D eigenvalue weighted by atomic mass is 32.2. The van der Waals surface area contributed by atoms with Crippen molar-refractivity contribution in [3.8, 4) is 5.75 Å². The molecule has 1 aromatic rings. The van der Waals surface area contributed by atoms with Gasteiger partial charge in [0.1, 0.15) is 5.75 Å². The van der Waals surface area contributed by atoms with Crippen molar-refractivity contribution in [3.63, 3.8) is 0 Å². The highest BCUT2D eigenvalue weighted by Crippen LogP contribution is 2.22. The fraction of sp³-hybridized carbons (Fsp3) is 0.533. The molecular formula is C15H22N2O5S. The molecule has 0 radical (unpaired) electrons. The molecule has 0 saturated carbocycles. The number of methoxy groups -OCH3 is 1. The van der Waals surface area contributed by atoms with Gasteiger partial charge in [-0.15, -0.1) is 0 Å². The maximum absolute atomic E-state index is 12.4. The predicted octanol–water partition coefficient (Wildman–Crippen LogP) is 0.534. The summed E-state index contributed by atoms with van der Waals surface area (Å²) < 4.78 is 36.1. The molecule has 1 fully saturated rings. The van der Waals surface area contributed by atoms with Crippen LogP contribution in [-0.4, -0.2) is 58.9 Å². The Morgan fingerprint density at radius 2 is 1.91 bits per heavy atom. The molecule has 0 bridgehead atoms. The first-order chi connectivity index (χ1) is 10.9. The quantitative estimate of drug-likeness (QED) is 0.815. The number of amides is 1. The minimum absolute atomic E-state index is 0.0688. The van der Waals surface area contributed by atoms with E-state index in [1.165, 1.54) is 0 Å². The van der Waals surface area contributed by atoms with E-state index < -0.39 is 16.1 Å². The number of rotatable bonds is 6. The number of ether oxygens (including phenoxy) is 2. The lowest BCUT2D eigenvalue weighted by molar-refractivity contribution is -0.135. The van der Waals surface area contributed by atoms with E-state index in [2.05, 4.69) is 4.72 Å². The third-order valence-electron chi connectivity index (χ3n) is 3.62. The number of carbonyl (C=O) groups excluding carboxylic acids is 1. The number of nitrogens with zero attached hydrogens (tertiary/aromatic N) is 1. The van der Waals surface area contributed by atoms with Crippen molar-refractivity contribution in [2.45, 2.75) is 12.5 Å². The van der Waals surface area contributed by atoms with Crippen LogP contribution in [0.5, 0.6) is 5.75 Å². The Hall–Kier alpha value is -1.64. The van der Waals surface area contributed by atoms with E-state index >= 15 is 0 Å². The standard InChI is InChI=1S/C15H22N2O5S/c1-21-13-5-3-12(4-6-13)14(16-23(2,19)20)11-15(18)17-7-9-22-10-8-17/h3-6,14,16H,7-11H2,1-2H3/t14-/m1/s1. The first kappa shape index (κ1) is 17.7. The van der Waals surface area contributed by atoms with Crippen molar-refractivity contribution in [1.82, 2.24) is 9.62 Å². The van der Waals surface area contributed by atoms with Crippen LogP contribution in [0.15, 0.2) is 24.3 Å². The van der Waals surface area contributed by atoms with Crippen molar-refractivity contribution in [3.05, 3.63) is 29.8 Å². The Bertz CT molecular complexity index is 624. The van der Waals surface area contributed by atoms with E-state index in [4.69, 9.17) is 9.47 Å². The summed E-state index contributed by atoms with van der Waals surface area (Å²) in [5.74, 6) is 0.580. The van der Waals surface area contributed by atoms with Crippen LogP contribution in [0, 0.1) is 0 Å². The Morgan fingerprint density at radius 1 is 1.30 bits per heavy atom.